The predicted molar refractivity (Wildman–Crippen MR) is 131 cm³/mol. The summed E-state index contributed by atoms with van der Waals surface area (Å²) in [7, 11) is 0. The summed E-state index contributed by atoms with van der Waals surface area (Å²) in [4.78, 5) is 27.3. The van der Waals surface area contributed by atoms with Crippen molar-refractivity contribution in [1.29, 1.82) is 0 Å². The number of urea groups is 1. The van der Waals surface area contributed by atoms with Crippen molar-refractivity contribution in [2.75, 3.05) is 13.2 Å². The molecule has 0 radical (unpaired) electrons. The third-order valence-electron chi connectivity index (χ3n) is 7.05. The van der Waals surface area contributed by atoms with Crippen molar-refractivity contribution in [3.05, 3.63) is 71.3 Å². The molecule has 0 unspecified atom stereocenters. The van der Waals surface area contributed by atoms with Gasteiger partial charge in [-0.1, -0.05) is 75.4 Å². The maximum Gasteiger partial charge on any atom is 0.325 e. The van der Waals surface area contributed by atoms with Gasteiger partial charge in [-0.2, -0.15) is 0 Å². The summed E-state index contributed by atoms with van der Waals surface area (Å²) >= 11 is 0. The lowest BCUT2D eigenvalue weighted by Gasteiger charge is -2.43. The normalized spacial score (nSPS) is 25.9. The Bertz CT molecular complexity index is 1040. The molecular weight excluding hydrogens is 428 g/mol. The van der Waals surface area contributed by atoms with Gasteiger partial charge >= 0.3 is 6.03 Å². The van der Waals surface area contributed by atoms with Gasteiger partial charge in [0.1, 0.15) is 11.6 Å². The molecule has 2 aromatic carbocycles. The van der Waals surface area contributed by atoms with Gasteiger partial charge < -0.3 is 15.2 Å². The highest BCUT2D eigenvalue weighted by Crippen LogP contribution is 2.46. The maximum absolute atomic E-state index is 13.4. The molecule has 4 rings (SSSR count). The minimum Gasteiger partial charge on any atom is -0.389 e. The number of β-amino-alcohol motifs (C(OH)–C–C–N with tert-alkyl or cyclic N) is 1. The lowest BCUT2D eigenvalue weighted by molar-refractivity contribution is -0.136. The number of rotatable bonds is 7. The van der Waals surface area contributed by atoms with Crippen LogP contribution in [0.4, 0.5) is 4.79 Å². The van der Waals surface area contributed by atoms with E-state index in [0.717, 1.165) is 23.1 Å². The second-order valence-corrected chi connectivity index (χ2v) is 10.9. The molecule has 182 valence electrons. The molecule has 34 heavy (non-hydrogen) atoms. The second-order valence-electron chi connectivity index (χ2n) is 10.9. The van der Waals surface area contributed by atoms with Crippen molar-refractivity contribution in [1.82, 2.24) is 10.2 Å². The highest BCUT2D eigenvalue weighted by molar-refractivity contribution is 6.07. The lowest BCUT2D eigenvalue weighted by Crippen LogP contribution is -2.54. The van der Waals surface area contributed by atoms with E-state index in [2.05, 4.69) is 26.1 Å². The summed E-state index contributed by atoms with van der Waals surface area (Å²) in [5.41, 5.74) is 2.20. The zero-order valence-electron chi connectivity index (χ0n) is 20.6. The largest absolute Gasteiger partial charge is 0.389 e. The quantitative estimate of drug-likeness (QED) is 0.587. The SMILES string of the molecule is Cc1ccccc1[C@H](OC[C@H](O)CN1C(=O)N[C@@]2(C[C@@H](C)CC(C)(C)C2)C1=O)c1ccccc1. The molecule has 1 spiro atoms. The standard InChI is InChI=1S/C28H36N2O4/c1-19-14-27(3,4)18-28(15-19)25(32)30(26(33)29-28)16-22(31)17-34-24(21-11-6-5-7-12-21)23-13-9-8-10-20(23)2/h5-13,19,22,24,31H,14-18H2,1-4H3,(H,29,33)/t19-,22+,24+,28+/m0/s1. The molecule has 6 heteroatoms. The molecular formula is C28H36N2O4. The van der Waals surface area contributed by atoms with Gasteiger partial charge in [0, 0.05) is 0 Å². The molecule has 0 bridgehead atoms. The van der Waals surface area contributed by atoms with Gasteiger partial charge in [-0.15, -0.1) is 0 Å². The Labute approximate surface area is 202 Å². The van der Waals surface area contributed by atoms with Crippen LogP contribution in [0, 0.1) is 18.3 Å². The summed E-state index contributed by atoms with van der Waals surface area (Å²) in [5, 5.41) is 13.8. The smallest absolute Gasteiger partial charge is 0.325 e. The van der Waals surface area contributed by atoms with Gasteiger partial charge in [-0.05, 0) is 54.2 Å². The number of aryl methyl sites for hydroxylation is 1. The summed E-state index contributed by atoms with van der Waals surface area (Å²) in [6.45, 7) is 8.36. The number of nitrogens with one attached hydrogen (secondary N) is 1. The van der Waals surface area contributed by atoms with Crippen LogP contribution in [0.3, 0.4) is 0 Å². The number of aliphatic hydroxyl groups excluding tert-OH is 1. The molecule has 1 heterocycles. The topological polar surface area (TPSA) is 78.9 Å². The van der Waals surface area contributed by atoms with E-state index in [0.29, 0.717) is 18.8 Å². The zero-order chi connectivity index (χ0) is 24.5. The maximum atomic E-state index is 13.4. The van der Waals surface area contributed by atoms with Crippen molar-refractivity contribution >= 4 is 11.9 Å². The fourth-order valence-electron chi connectivity index (χ4n) is 6.02. The summed E-state index contributed by atoms with van der Waals surface area (Å²) < 4.78 is 6.21. The minimum absolute atomic E-state index is 0.000148. The molecule has 2 fully saturated rings. The van der Waals surface area contributed by atoms with Gasteiger partial charge in [-0.3, -0.25) is 9.69 Å². The molecule has 1 aliphatic carbocycles. The Morgan fingerprint density at radius 1 is 1.09 bits per heavy atom. The van der Waals surface area contributed by atoms with Crippen molar-refractivity contribution < 1.29 is 19.4 Å². The average molecular weight is 465 g/mol. The van der Waals surface area contributed by atoms with Crippen LogP contribution in [-0.4, -0.2) is 46.7 Å². The first kappa shape index (κ1) is 24.4. The summed E-state index contributed by atoms with van der Waals surface area (Å²) in [6.07, 6.45) is 0.920. The summed E-state index contributed by atoms with van der Waals surface area (Å²) in [5.74, 6) is 0.108. The molecule has 6 nitrogen and oxygen atoms in total. The molecule has 0 aromatic heterocycles. The van der Waals surface area contributed by atoms with E-state index >= 15 is 0 Å². The van der Waals surface area contributed by atoms with E-state index in [4.69, 9.17) is 4.74 Å². The summed E-state index contributed by atoms with van der Waals surface area (Å²) in [6, 6.07) is 17.4. The fraction of sp³-hybridized carbons (Fsp3) is 0.500. The lowest BCUT2D eigenvalue weighted by atomic mass is 9.64. The van der Waals surface area contributed by atoms with Crippen LogP contribution in [0.1, 0.15) is 62.8 Å². The van der Waals surface area contributed by atoms with Crippen LogP contribution >= 0.6 is 0 Å². The van der Waals surface area contributed by atoms with Crippen LogP contribution < -0.4 is 5.32 Å². The van der Waals surface area contributed by atoms with Crippen LogP contribution in [0.5, 0.6) is 0 Å². The van der Waals surface area contributed by atoms with Gasteiger partial charge in [0.2, 0.25) is 0 Å². The predicted octanol–water partition coefficient (Wildman–Crippen LogP) is 4.60. The van der Waals surface area contributed by atoms with Crippen LogP contribution in [0.15, 0.2) is 54.6 Å². The van der Waals surface area contributed by atoms with E-state index in [1.807, 2.05) is 61.5 Å². The van der Waals surface area contributed by atoms with Crippen molar-refractivity contribution in [3.8, 4) is 0 Å². The third kappa shape index (κ3) is 5.03. The second kappa shape index (κ2) is 9.51. The third-order valence-corrected chi connectivity index (χ3v) is 7.05. The number of nitrogens with zero attached hydrogens (tertiary/aromatic N) is 1. The minimum atomic E-state index is -0.992. The Balaban J connectivity index is 1.45. The molecule has 2 aromatic rings. The Morgan fingerprint density at radius 2 is 1.76 bits per heavy atom. The first-order valence-electron chi connectivity index (χ1n) is 12.1. The van der Waals surface area contributed by atoms with Gasteiger partial charge in [-0.25, -0.2) is 4.79 Å². The Hall–Kier alpha value is -2.70. The first-order valence-corrected chi connectivity index (χ1v) is 12.1. The van der Waals surface area contributed by atoms with E-state index in [-0.39, 0.29) is 30.6 Å². The molecule has 4 atom stereocenters. The Morgan fingerprint density at radius 3 is 2.44 bits per heavy atom. The molecule has 3 amide bonds. The number of carbonyl (C=O) groups is 2. The van der Waals surface area contributed by atoms with Crippen molar-refractivity contribution in [3.63, 3.8) is 0 Å². The molecule has 2 aliphatic rings. The van der Waals surface area contributed by atoms with E-state index < -0.39 is 17.7 Å². The number of hydrogen-bond donors (Lipinski definition) is 2. The first-order chi connectivity index (χ1) is 16.1. The highest BCUT2D eigenvalue weighted by atomic mass is 16.5. The van der Waals surface area contributed by atoms with Gasteiger partial charge in [0.15, 0.2) is 0 Å². The van der Waals surface area contributed by atoms with Gasteiger partial charge in [0.05, 0.1) is 19.3 Å². The number of aliphatic hydroxyl groups is 1. The fourth-order valence-corrected chi connectivity index (χ4v) is 6.02. The number of amides is 3. The van der Waals surface area contributed by atoms with E-state index in [1.165, 1.54) is 4.90 Å². The molecule has 1 aliphatic heterocycles. The Kier molecular flexibility index (Phi) is 6.83. The van der Waals surface area contributed by atoms with Crippen LogP contribution in [-0.2, 0) is 9.53 Å². The van der Waals surface area contributed by atoms with Crippen molar-refractivity contribution in [2.45, 2.75) is 64.7 Å². The number of hydrogen-bond acceptors (Lipinski definition) is 4. The van der Waals surface area contributed by atoms with Crippen molar-refractivity contribution in [2.24, 2.45) is 11.3 Å². The molecule has 2 N–H and O–H groups in total. The molecule has 1 saturated heterocycles. The van der Waals surface area contributed by atoms with Crippen LogP contribution in [0.25, 0.3) is 0 Å². The van der Waals surface area contributed by atoms with E-state index in [1.54, 1.807) is 0 Å². The number of benzene rings is 2. The number of carbonyl (C=O) groups excluding carboxylic acids is 2. The highest BCUT2D eigenvalue weighted by Gasteiger charge is 2.56. The number of ether oxygens (including phenoxy) is 1. The monoisotopic (exact) mass is 464 g/mol. The number of imide groups is 1. The molecule has 1 saturated carbocycles. The van der Waals surface area contributed by atoms with Gasteiger partial charge in [0.25, 0.3) is 5.91 Å². The average Bonchev–Trinajstić information content (AvgIpc) is 2.97. The zero-order valence-corrected chi connectivity index (χ0v) is 20.6. The van der Waals surface area contributed by atoms with Crippen LogP contribution in [0.2, 0.25) is 0 Å². The van der Waals surface area contributed by atoms with E-state index in [9.17, 15) is 14.7 Å².